The fraction of sp³-hybridized carbons (Fsp3) is 0.143. The lowest BCUT2D eigenvalue weighted by Crippen LogP contribution is -2.14. The third kappa shape index (κ3) is 3.04. The molecule has 0 bridgehead atoms. The monoisotopic (exact) mass is 396 g/mol. The van der Waals surface area contributed by atoms with Crippen LogP contribution in [0.3, 0.4) is 0 Å². The third-order valence-electron chi connectivity index (χ3n) is 4.71. The van der Waals surface area contributed by atoms with Gasteiger partial charge in [0.2, 0.25) is 0 Å². The summed E-state index contributed by atoms with van der Waals surface area (Å²) < 4.78 is 20.7. The number of benzene rings is 2. The van der Waals surface area contributed by atoms with Crippen LogP contribution in [0.5, 0.6) is 23.0 Å². The van der Waals surface area contributed by atoms with Gasteiger partial charge in [0.15, 0.2) is 0 Å². The number of hydrogen-bond donors (Lipinski definition) is 2. The fourth-order valence-electron chi connectivity index (χ4n) is 3.15. The number of aromatic hydroxyl groups is 2. The Balaban J connectivity index is 1.87. The molecule has 2 heterocycles. The van der Waals surface area contributed by atoms with Gasteiger partial charge in [-0.05, 0) is 24.3 Å². The maximum Gasteiger partial charge on any atom is 0.343 e. The van der Waals surface area contributed by atoms with Crippen LogP contribution in [-0.2, 0) is 6.42 Å². The van der Waals surface area contributed by atoms with Crippen LogP contribution in [0.2, 0.25) is 0 Å². The molecule has 0 atom stereocenters. The lowest BCUT2D eigenvalue weighted by atomic mass is 10.0. The van der Waals surface area contributed by atoms with E-state index in [0.717, 1.165) is 0 Å². The molecule has 2 N–H and O–H groups in total. The van der Waals surface area contributed by atoms with E-state index in [-0.39, 0.29) is 51.0 Å². The highest BCUT2D eigenvalue weighted by molar-refractivity contribution is 5.87. The van der Waals surface area contributed by atoms with E-state index in [1.54, 1.807) is 12.1 Å². The van der Waals surface area contributed by atoms with Crippen LogP contribution in [0.1, 0.15) is 11.1 Å². The van der Waals surface area contributed by atoms with Crippen molar-refractivity contribution in [3.63, 3.8) is 0 Å². The maximum atomic E-state index is 12.4. The summed E-state index contributed by atoms with van der Waals surface area (Å²) in [5.41, 5.74) is -1.74. The largest absolute Gasteiger partial charge is 0.507 e. The predicted octanol–water partition coefficient (Wildman–Crippen LogP) is 2.92. The molecule has 4 rings (SSSR count). The van der Waals surface area contributed by atoms with Crippen molar-refractivity contribution in [3.05, 3.63) is 68.4 Å². The molecular weight excluding hydrogens is 380 g/mol. The van der Waals surface area contributed by atoms with Gasteiger partial charge in [0.1, 0.15) is 34.2 Å². The van der Waals surface area contributed by atoms with E-state index in [0.29, 0.717) is 11.5 Å². The Bertz CT molecular complexity index is 1260. The quantitative estimate of drug-likeness (QED) is 0.506. The van der Waals surface area contributed by atoms with E-state index in [4.69, 9.17) is 18.3 Å². The third-order valence-corrected chi connectivity index (χ3v) is 4.71. The van der Waals surface area contributed by atoms with Crippen molar-refractivity contribution in [1.82, 2.24) is 0 Å². The van der Waals surface area contributed by atoms with Crippen molar-refractivity contribution < 1.29 is 28.5 Å². The molecule has 29 heavy (non-hydrogen) atoms. The van der Waals surface area contributed by atoms with Gasteiger partial charge in [-0.15, -0.1) is 0 Å². The summed E-state index contributed by atoms with van der Waals surface area (Å²) in [4.78, 5) is 24.9. The Morgan fingerprint density at radius 2 is 1.17 bits per heavy atom. The first-order valence-electron chi connectivity index (χ1n) is 8.58. The average Bonchev–Trinajstić information content (AvgIpc) is 2.72. The minimum absolute atomic E-state index is 0.137. The van der Waals surface area contributed by atoms with Gasteiger partial charge >= 0.3 is 11.3 Å². The lowest BCUT2D eigenvalue weighted by molar-refractivity contribution is 0.413. The van der Waals surface area contributed by atoms with E-state index in [1.165, 1.54) is 38.5 Å². The highest BCUT2D eigenvalue weighted by Gasteiger charge is 2.21. The lowest BCUT2D eigenvalue weighted by Gasteiger charge is -2.09. The minimum atomic E-state index is -0.836. The Hall–Kier alpha value is -3.94. The summed E-state index contributed by atoms with van der Waals surface area (Å²) in [6.07, 6.45) is -0.369. The highest BCUT2D eigenvalue weighted by Crippen LogP contribution is 2.33. The Labute approximate surface area is 163 Å². The zero-order valence-corrected chi connectivity index (χ0v) is 15.5. The summed E-state index contributed by atoms with van der Waals surface area (Å²) in [5, 5.41) is 21.7. The Morgan fingerprint density at radius 3 is 1.55 bits per heavy atom. The topological polar surface area (TPSA) is 119 Å². The van der Waals surface area contributed by atoms with Gasteiger partial charge in [-0.2, -0.15) is 0 Å². The standard InChI is InChI=1S/C21H16O8/c1-26-10-3-5-12-16(7-10)28-20(24)14(18(12)22)9-15-19(23)13-6-4-11(27-2)8-17(13)29-21(15)25/h3-8,22-23H,9H2,1-2H3. The molecule has 8 nitrogen and oxygen atoms in total. The van der Waals surface area contributed by atoms with Crippen molar-refractivity contribution in [2.24, 2.45) is 0 Å². The summed E-state index contributed by atoms with van der Waals surface area (Å²) in [5.74, 6) is 0.229. The van der Waals surface area contributed by atoms with Gasteiger partial charge in [0.05, 0.1) is 36.1 Å². The second-order valence-electron chi connectivity index (χ2n) is 6.33. The van der Waals surface area contributed by atoms with Crippen LogP contribution in [0.15, 0.2) is 54.8 Å². The fourth-order valence-corrected chi connectivity index (χ4v) is 3.15. The van der Waals surface area contributed by atoms with Gasteiger partial charge in [0.25, 0.3) is 0 Å². The number of hydrogen-bond acceptors (Lipinski definition) is 8. The molecule has 8 heteroatoms. The molecule has 0 unspecified atom stereocenters. The van der Waals surface area contributed by atoms with Crippen molar-refractivity contribution in [2.45, 2.75) is 6.42 Å². The first-order chi connectivity index (χ1) is 13.9. The van der Waals surface area contributed by atoms with Gasteiger partial charge in [-0.3, -0.25) is 0 Å². The zero-order chi connectivity index (χ0) is 20.7. The molecule has 2 aromatic carbocycles. The molecule has 0 amide bonds. The summed E-state index contributed by atoms with van der Waals surface area (Å²) in [6.45, 7) is 0. The number of rotatable bonds is 4. The van der Waals surface area contributed by atoms with Crippen molar-refractivity contribution in [3.8, 4) is 23.0 Å². The second kappa shape index (κ2) is 6.90. The van der Waals surface area contributed by atoms with Crippen molar-refractivity contribution >= 4 is 21.9 Å². The predicted molar refractivity (Wildman–Crippen MR) is 104 cm³/mol. The molecule has 0 radical (unpaired) electrons. The maximum absolute atomic E-state index is 12.4. The molecular formula is C21H16O8. The molecule has 0 saturated carbocycles. The first kappa shape index (κ1) is 18.4. The van der Waals surface area contributed by atoms with Crippen LogP contribution >= 0.6 is 0 Å². The minimum Gasteiger partial charge on any atom is -0.507 e. The number of methoxy groups -OCH3 is 2. The molecule has 148 valence electrons. The SMILES string of the molecule is COc1ccc2c(O)c(Cc3c(O)c4ccc(OC)cc4oc3=O)c(=O)oc2c1. The number of fused-ring (bicyclic) bond motifs is 2. The van der Waals surface area contributed by atoms with E-state index in [1.807, 2.05) is 0 Å². The van der Waals surface area contributed by atoms with E-state index < -0.39 is 11.3 Å². The Kier molecular flexibility index (Phi) is 4.38. The molecule has 4 aromatic rings. The molecule has 0 aliphatic heterocycles. The van der Waals surface area contributed by atoms with E-state index in [2.05, 4.69) is 0 Å². The molecule has 0 aliphatic carbocycles. The van der Waals surface area contributed by atoms with Gasteiger partial charge in [-0.25, -0.2) is 9.59 Å². The zero-order valence-electron chi connectivity index (χ0n) is 15.5. The van der Waals surface area contributed by atoms with Gasteiger partial charge in [-0.1, -0.05) is 0 Å². The smallest absolute Gasteiger partial charge is 0.343 e. The summed E-state index contributed by atoms with van der Waals surface area (Å²) in [7, 11) is 2.93. The van der Waals surface area contributed by atoms with Crippen LogP contribution in [0.25, 0.3) is 21.9 Å². The molecule has 0 saturated heterocycles. The average molecular weight is 396 g/mol. The van der Waals surface area contributed by atoms with E-state index in [9.17, 15) is 19.8 Å². The normalized spacial score (nSPS) is 11.1. The van der Waals surface area contributed by atoms with Gasteiger partial charge < -0.3 is 28.5 Å². The molecule has 0 fully saturated rings. The van der Waals surface area contributed by atoms with Crippen LogP contribution in [0, 0.1) is 0 Å². The van der Waals surface area contributed by atoms with Gasteiger partial charge in [0, 0.05) is 18.6 Å². The van der Waals surface area contributed by atoms with Crippen LogP contribution in [-0.4, -0.2) is 24.4 Å². The van der Waals surface area contributed by atoms with Crippen LogP contribution in [0.4, 0.5) is 0 Å². The first-order valence-corrected chi connectivity index (χ1v) is 8.58. The second-order valence-corrected chi connectivity index (χ2v) is 6.33. The van der Waals surface area contributed by atoms with Crippen molar-refractivity contribution in [1.29, 1.82) is 0 Å². The van der Waals surface area contributed by atoms with Crippen molar-refractivity contribution in [2.75, 3.05) is 14.2 Å². The number of ether oxygens (including phenoxy) is 2. The highest BCUT2D eigenvalue weighted by atomic mass is 16.5. The Morgan fingerprint density at radius 1 is 0.759 bits per heavy atom. The van der Waals surface area contributed by atoms with E-state index >= 15 is 0 Å². The molecule has 0 spiro atoms. The molecule has 0 aliphatic rings. The summed E-state index contributed by atoms with van der Waals surface area (Å²) >= 11 is 0. The summed E-state index contributed by atoms with van der Waals surface area (Å²) in [6, 6.07) is 9.20. The molecule has 2 aromatic heterocycles. The van der Waals surface area contributed by atoms with Crippen LogP contribution < -0.4 is 20.7 Å².